The molecule has 0 saturated carbocycles. The molecule has 0 N–H and O–H groups in total. The molecule has 0 amide bonds. The molecule has 0 aromatic heterocycles. The standard InChI is InChI=1S/C13H20F3NO3/c1-4-17-8-12(2,3)20-11(19)10(17)7-9(18)5-6-13(14,15)16/h10H,4-8H2,1-3H3. The van der Waals surface area contributed by atoms with Crippen molar-refractivity contribution in [3.8, 4) is 0 Å². The molecule has 0 aromatic carbocycles. The van der Waals surface area contributed by atoms with E-state index in [2.05, 4.69) is 0 Å². The maximum atomic E-state index is 12.1. The van der Waals surface area contributed by atoms with E-state index >= 15 is 0 Å². The highest BCUT2D eigenvalue weighted by atomic mass is 19.4. The Morgan fingerprint density at radius 3 is 2.55 bits per heavy atom. The molecule has 0 aliphatic carbocycles. The summed E-state index contributed by atoms with van der Waals surface area (Å²) in [5.74, 6) is -1.11. The number of alkyl halides is 3. The molecular weight excluding hydrogens is 275 g/mol. The van der Waals surface area contributed by atoms with E-state index in [1.807, 2.05) is 6.92 Å². The van der Waals surface area contributed by atoms with Crippen molar-refractivity contribution in [2.75, 3.05) is 13.1 Å². The Kier molecular flexibility index (Phi) is 5.18. The Hall–Kier alpha value is -1.11. The third kappa shape index (κ3) is 5.11. The SMILES string of the molecule is CCN1CC(C)(C)OC(=O)C1CC(=O)CCC(F)(F)F. The fraction of sp³-hybridized carbons (Fsp3) is 0.846. The fourth-order valence-electron chi connectivity index (χ4n) is 2.26. The first-order valence-electron chi connectivity index (χ1n) is 6.59. The minimum Gasteiger partial charge on any atom is -0.457 e. The van der Waals surface area contributed by atoms with Gasteiger partial charge in [-0.2, -0.15) is 13.2 Å². The number of Topliss-reactive ketones (excluding diaryl/α,β-unsaturated/α-hetero) is 1. The summed E-state index contributed by atoms with van der Waals surface area (Å²) in [5.41, 5.74) is -0.640. The first kappa shape index (κ1) is 16.9. The van der Waals surface area contributed by atoms with Crippen LogP contribution in [0, 0.1) is 0 Å². The number of carbonyl (C=O) groups is 2. The first-order valence-corrected chi connectivity index (χ1v) is 6.59. The summed E-state index contributed by atoms with van der Waals surface area (Å²) < 4.78 is 41.4. The minimum absolute atomic E-state index is 0.223. The van der Waals surface area contributed by atoms with Crippen molar-refractivity contribution in [3.05, 3.63) is 0 Å². The number of halogens is 3. The number of likely N-dealkylation sites (N-methyl/N-ethyl adjacent to an activating group) is 1. The van der Waals surface area contributed by atoms with Crippen molar-refractivity contribution < 1.29 is 27.5 Å². The second-order valence-corrected chi connectivity index (χ2v) is 5.62. The lowest BCUT2D eigenvalue weighted by Crippen LogP contribution is -2.57. The van der Waals surface area contributed by atoms with Crippen molar-refractivity contribution in [1.29, 1.82) is 0 Å². The molecule has 1 fully saturated rings. The van der Waals surface area contributed by atoms with Gasteiger partial charge in [0.1, 0.15) is 17.4 Å². The molecular formula is C13H20F3NO3. The van der Waals surface area contributed by atoms with E-state index in [0.717, 1.165) is 0 Å². The Morgan fingerprint density at radius 1 is 1.45 bits per heavy atom. The van der Waals surface area contributed by atoms with Crippen LogP contribution < -0.4 is 0 Å². The zero-order chi connectivity index (χ0) is 15.6. The molecule has 1 rings (SSSR count). The molecule has 0 aromatic rings. The Morgan fingerprint density at radius 2 is 2.05 bits per heavy atom. The topological polar surface area (TPSA) is 46.6 Å². The largest absolute Gasteiger partial charge is 0.457 e. The van der Waals surface area contributed by atoms with Gasteiger partial charge in [0.25, 0.3) is 0 Å². The average molecular weight is 295 g/mol. The first-order chi connectivity index (χ1) is 9.04. The third-order valence-corrected chi connectivity index (χ3v) is 3.19. The van der Waals surface area contributed by atoms with E-state index in [4.69, 9.17) is 4.74 Å². The van der Waals surface area contributed by atoms with Gasteiger partial charge in [0.15, 0.2) is 0 Å². The summed E-state index contributed by atoms with van der Waals surface area (Å²) >= 11 is 0. The lowest BCUT2D eigenvalue weighted by Gasteiger charge is -2.41. The molecule has 4 nitrogen and oxygen atoms in total. The molecule has 1 saturated heterocycles. The van der Waals surface area contributed by atoms with Crippen LogP contribution in [-0.2, 0) is 14.3 Å². The molecule has 1 unspecified atom stereocenters. The van der Waals surface area contributed by atoms with Crippen LogP contribution in [-0.4, -0.2) is 47.6 Å². The predicted molar refractivity (Wildman–Crippen MR) is 66.1 cm³/mol. The molecule has 116 valence electrons. The van der Waals surface area contributed by atoms with E-state index in [9.17, 15) is 22.8 Å². The number of hydrogen-bond acceptors (Lipinski definition) is 4. The predicted octanol–water partition coefficient (Wildman–Crippen LogP) is 2.31. The maximum Gasteiger partial charge on any atom is 0.389 e. The lowest BCUT2D eigenvalue weighted by molar-refractivity contribution is -0.178. The number of rotatable bonds is 5. The second-order valence-electron chi connectivity index (χ2n) is 5.62. The van der Waals surface area contributed by atoms with E-state index in [-0.39, 0.29) is 6.42 Å². The number of cyclic esters (lactones) is 1. The monoisotopic (exact) mass is 295 g/mol. The van der Waals surface area contributed by atoms with Crippen LogP contribution in [0.5, 0.6) is 0 Å². The molecule has 0 spiro atoms. The van der Waals surface area contributed by atoms with Crippen molar-refractivity contribution in [1.82, 2.24) is 4.90 Å². The molecule has 0 radical (unpaired) electrons. The highest BCUT2D eigenvalue weighted by Crippen LogP contribution is 2.25. The second kappa shape index (κ2) is 6.11. The van der Waals surface area contributed by atoms with E-state index in [1.165, 1.54) is 0 Å². The van der Waals surface area contributed by atoms with Gasteiger partial charge in [-0.3, -0.25) is 14.5 Å². The van der Waals surface area contributed by atoms with Gasteiger partial charge in [-0.25, -0.2) is 0 Å². The van der Waals surface area contributed by atoms with Crippen LogP contribution in [0.25, 0.3) is 0 Å². The Labute approximate surface area is 116 Å². The van der Waals surface area contributed by atoms with Crippen LogP contribution in [0.2, 0.25) is 0 Å². The number of morpholine rings is 1. The van der Waals surface area contributed by atoms with Crippen LogP contribution >= 0.6 is 0 Å². The summed E-state index contributed by atoms with van der Waals surface area (Å²) in [5, 5.41) is 0. The van der Waals surface area contributed by atoms with Gasteiger partial charge in [0.2, 0.25) is 0 Å². The quantitative estimate of drug-likeness (QED) is 0.730. The smallest absolute Gasteiger partial charge is 0.389 e. The van der Waals surface area contributed by atoms with Crippen molar-refractivity contribution in [2.45, 2.75) is 57.9 Å². The van der Waals surface area contributed by atoms with Crippen LogP contribution in [0.4, 0.5) is 13.2 Å². The van der Waals surface area contributed by atoms with Crippen molar-refractivity contribution in [2.24, 2.45) is 0 Å². The van der Waals surface area contributed by atoms with E-state index in [0.29, 0.717) is 13.1 Å². The summed E-state index contributed by atoms with van der Waals surface area (Å²) in [4.78, 5) is 25.2. The highest BCUT2D eigenvalue weighted by Gasteiger charge is 2.41. The van der Waals surface area contributed by atoms with Crippen LogP contribution in [0.3, 0.4) is 0 Å². The van der Waals surface area contributed by atoms with E-state index < -0.39 is 42.4 Å². The number of ketones is 1. The fourth-order valence-corrected chi connectivity index (χ4v) is 2.26. The van der Waals surface area contributed by atoms with E-state index in [1.54, 1.807) is 18.7 Å². The molecule has 7 heteroatoms. The molecule has 1 aliphatic heterocycles. The third-order valence-electron chi connectivity index (χ3n) is 3.19. The average Bonchev–Trinajstić information content (AvgIpc) is 2.28. The summed E-state index contributed by atoms with van der Waals surface area (Å²) in [6.07, 6.45) is -6.31. The highest BCUT2D eigenvalue weighted by molar-refractivity contribution is 5.87. The Bertz CT molecular complexity index is 380. The lowest BCUT2D eigenvalue weighted by atomic mass is 9.99. The van der Waals surface area contributed by atoms with Crippen molar-refractivity contribution in [3.63, 3.8) is 0 Å². The number of carbonyl (C=O) groups excluding carboxylic acids is 2. The maximum absolute atomic E-state index is 12.1. The number of esters is 1. The summed E-state index contributed by atoms with van der Waals surface area (Å²) in [7, 11) is 0. The van der Waals surface area contributed by atoms with Gasteiger partial charge in [-0.15, -0.1) is 0 Å². The van der Waals surface area contributed by atoms with Gasteiger partial charge < -0.3 is 4.74 Å². The summed E-state index contributed by atoms with van der Waals surface area (Å²) in [6, 6.07) is -0.770. The number of hydrogen-bond donors (Lipinski definition) is 0. The normalized spacial score (nSPS) is 23.5. The zero-order valence-corrected chi connectivity index (χ0v) is 11.9. The van der Waals surface area contributed by atoms with Crippen LogP contribution in [0.15, 0.2) is 0 Å². The number of ether oxygens (including phenoxy) is 1. The van der Waals surface area contributed by atoms with Crippen LogP contribution in [0.1, 0.15) is 40.0 Å². The molecule has 1 atom stereocenters. The van der Waals surface area contributed by atoms with Gasteiger partial charge >= 0.3 is 12.1 Å². The minimum atomic E-state index is -4.35. The Balaban J connectivity index is 2.61. The zero-order valence-electron chi connectivity index (χ0n) is 11.9. The number of nitrogens with zero attached hydrogens (tertiary/aromatic N) is 1. The molecule has 20 heavy (non-hydrogen) atoms. The van der Waals surface area contributed by atoms with Crippen molar-refractivity contribution >= 4 is 11.8 Å². The summed E-state index contributed by atoms with van der Waals surface area (Å²) in [6.45, 7) is 6.36. The van der Waals surface area contributed by atoms with Gasteiger partial charge in [0.05, 0.1) is 6.42 Å². The molecule has 1 heterocycles. The molecule has 0 bridgehead atoms. The van der Waals surface area contributed by atoms with Gasteiger partial charge in [-0.05, 0) is 20.4 Å². The van der Waals surface area contributed by atoms with Gasteiger partial charge in [-0.1, -0.05) is 6.92 Å². The van der Waals surface area contributed by atoms with Gasteiger partial charge in [0, 0.05) is 19.4 Å². The molecule has 1 aliphatic rings.